The first-order chi connectivity index (χ1) is 9.95. The fourth-order valence-electron chi connectivity index (χ4n) is 1.88. The maximum Gasteiger partial charge on any atom is 0.265 e. The van der Waals surface area contributed by atoms with Crippen LogP contribution in [0.4, 0.5) is 5.95 Å². The van der Waals surface area contributed by atoms with Crippen molar-refractivity contribution in [3.63, 3.8) is 0 Å². The topological polar surface area (TPSA) is 74.8 Å². The lowest BCUT2D eigenvalue weighted by molar-refractivity contribution is 0.601. The lowest BCUT2D eigenvalue weighted by Crippen LogP contribution is -2.14. The standard InChI is InChI=1S/C13H9BrClN3O2S/c14-8-5-6-12(9(15)7-8)21(19,20)18-13-16-10-3-1-2-4-11(10)17-13/h1-7H,(H2,16,17,18). The number of hydrogen-bond donors (Lipinski definition) is 2. The second-order valence-electron chi connectivity index (χ2n) is 4.28. The van der Waals surface area contributed by atoms with Crippen molar-refractivity contribution in [2.75, 3.05) is 4.72 Å². The zero-order valence-electron chi connectivity index (χ0n) is 10.5. The third-order valence-electron chi connectivity index (χ3n) is 2.80. The van der Waals surface area contributed by atoms with E-state index in [1.165, 1.54) is 12.1 Å². The summed E-state index contributed by atoms with van der Waals surface area (Å²) >= 11 is 9.21. The number of H-pyrrole nitrogens is 1. The van der Waals surface area contributed by atoms with Crippen LogP contribution in [0.5, 0.6) is 0 Å². The molecule has 0 aliphatic carbocycles. The molecule has 0 amide bonds. The van der Waals surface area contributed by atoms with E-state index in [4.69, 9.17) is 11.6 Å². The Labute approximate surface area is 134 Å². The fourth-order valence-corrected chi connectivity index (χ4v) is 3.88. The van der Waals surface area contributed by atoms with Gasteiger partial charge in [-0.05, 0) is 30.3 Å². The zero-order chi connectivity index (χ0) is 15.0. The highest BCUT2D eigenvalue weighted by Gasteiger charge is 2.19. The summed E-state index contributed by atoms with van der Waals surface area (Å²) in [6.07, 6.45) is 0. The number of fused-ring (bicyclic) bond motifs is 1. The van der Waals surface area contributed by atoms with Gasteiger partial charge in [-0.2, -0.15) is 0 Å². The molecule has 0 atom stereocenters. The molecule has 0 saturated carbocycles. The van der Waals surface area contributed by atoms with Crippen LogP contribution in [-0.4, -0.2) is 18.4 Å². The van der Waals surface area contributed by atoms with Crippen molar-refractivity contribution in [2.24, 2.45) is 0 Å². The van der Waals surface area contributed by atoms with Gasteiger partial charge in [0.25, 0.3) is 10.0 Å². The van der Waals surface area contributed by atoms with E-state index in [2.05, 4.69) is 30.6 Å². The van der Waals surface area contributed by atoms with Gasteiger partial charge in [-0.3, -0.25) is 0 Å². The van der Waals surface area contributed by atoms with Gasteiger partial charge >= 0.3 is 0 Å². The molecular weight excluding hydrogens is 378 g/mol. The Kier molecular flexibility index (Phi) is 3.64. The molecule has 0 unspecified atom stereocenters. The SMILES string of the molecule is O=S(=O)(Nc1nc2ccccc2[nH]1)c1ccc(Br)cc1Cl. The molecule has 8 heteroatoms. The smallest absolute Gasteiger partial charge is 0.265 e. The molecule has 3 aromatic rings. The first-order valence-corrected chi connectivity index (χ1v) is 8.54. The Morgan fingerprint density at radius 1 is 1.19 bits per heavy atom. The van der Waals surface area contributed by atoms with Crippen LogP contribution in [0.25, 0.3) is 11.0 Å². The van der Waals surface area contributed by atoms with Crippen LogP contribution in [0.1, 0.15) is 0 Å². The number of aromatic amines is 1. The minimum atomic E-state index is -3.80. The first-order valence-electron chi connectivity index (χ1n) is 5.88. The molecule has 108 valence electrons. The highest BCUT2D eigenvalue weighted by atomic mass is 79.9. The average Bonchev–Trinajstić information content (AvgIpc) is 2.79. The predicted octanol–water partition coefficient (Wildman–Crippen LogP) is 3.78. The highest BCUT2D eigenvalue weighted by molar-refractivity contribution is 9.10. The van der Waals surface area contributed by atoms with Gasteiger partial charge in [0, 0.05) is 4.47 Å². The summed E-state index contributed by atoms with van der Waals surface area (Å²) < 4.78 is 27.8. The summed E-state index contributed by atoms with van der Waals surface area (Å²) in [7, 11) is -3.80. The van der Waals surface area contributed by atoms with Gasteiger partial charge in [0.15, 0.2) is 0 Å². The molecular formula is C13H9BrClN3O2S. The molecule has 1 heterocycles. The van der Waals surface area contributed by atoms with E-state index in [0.717, 1.165) is 5.52 Å². The summed E-state index contributed by atoms with van der Waals surface area (Å²) in [5, 5.41) is 0.132. The van der Waals surface area contributed by atoms with Gasteiger partial charge in [0.1, 0.15) is 4.90 Å². The number of nitrogens with one attached hydrogen (secondary N) is 2. The number of benzene rings is 2. The second kappa shape index (κ2) is 5.32. The zero-order valence-corrected chi connectivity index (χ0v) is 13.6. The van der Waals surface area contributed by atoms with Crippen molar-refractivity contribution in [2.45, 2.75) is 4.90 Å². The van der Waals surface area contributed by atoms with Crippen molar-refractivity contribution in [3.8, 4) is 0 Å². The summed E-state index contributed by atoms with van der Waals surface area (Å²) in [4.78, 5) is 7.06. The summed E-state index contributed by atoms with van der Waals surface area (Å²) in [6, 6.07) is 11.8. The van der Waals surface area contributed by atoms with E-state index < -0.39 is 10.0 Å². The minimum Gasteiger partial charge on any atom is -0.323 e. The Balaban J connectivity index is 1.99. The van der Waals surface area contributed by atoms with E-state index in [0.29, 0.717) is 9.99 Å². The molecule has 2 N–H and O–H groups in total. The molecule has 2 aromatic carbocycles. The number of para-hydroxylation sites is 2. The van der Waals surface area contributed by atoms with E-state index in [1.54, 1.807) is 12.1 Å². The molecule has 0 aliphatic heterocycles. The maximum absolute atomic E-state index is 12.3. The third-order valence-corrected chi connectivity index (χ3v) is 5.12. The predicted molar refractivity (Wildman–Crippen MR) is 86.1 cm³/mol. The van der Waals surface area contributed by atoms with Crippen molar-refractivity contribution in [1.29, 1.82) is 0 Å². The Hall–Kier alpha value is -1.57. The molecule has 1 aromatic heterocycles. The summed E-state index contributed by atoms with van der Waals surface area (Å²) in [5.41, 5.74) is 1.43. The number of sulfonamides is 1. The average molecular weight is 387 g/mol. The van der Waals surface area contributed by atoms with Crippen molar-refractivity contribution in [1.82, 2.24) is 9.97 Å². The maximum atomic E-state index is 12.3. The van der Waals surface area contributed by atoms with E-state index in [1.807, 2.05) is 18.2 Å². The van der Waals surface area contributed by atoms with Gasteiger partial charge in [-0.25, -0.2) is 18.1 Å². The molecule has 0 bridgehead atoms. The van der Waals surface area contributed by atoms with Crippen LogP contribution in [0.3, 0.4) is 0 Å². The van der Waals surface area contributed by atoms with Gasteiger partial charge in [0.05, 0.1) is 16.1 Å². The van der Waals surface area contributed by atoms with Crippen LogP contribution in [-0.2, 0) is 10.0 Å². The fraction of sp³-hybridized carbons (Fsp3) is 0. The summed E-state index contributed by atoms with van der Waals surface area (Å²) in [5.74, 6) is 0.148. The number of hydrogen-bond acceptors (Lipinski definition) is 3. The molecule has 0 spiro atoms. The van der Waals surface area contributed by atoms with E-state index in [9.17, 15) is 8.42 Å². The van der Waals surface area contributed by atoms with Crippen molar-refractivity contribution in [3.05, 3.63) is 52.0 Å². The number of rotatable bonds is 3. The van der Waals surface area contributed by atoms with Crippen LogP contribution in [0.15, 0.2) is 51.8 Å². The number of anilines is 1. The Morgan fingerprint density at radius 2 is 1.95 bits per heavy atom. The van der Waals surface area contributed by atoms with Gasteiger partial charge < -0.3 is 4.98 Å². The summed E-state index contributed by atoms with van der Waals surface area (Å²) in [6.45, 7) is 0. The van der Waals surface area contributed by atoms with Crippen molar-refractivity contribution < 1.29 is 8.42 Å². The lowest BCUT2D eigenvalue weighted by atomic mass is 10.3. The van der Waals surface area contributed by atoms with Gasteiger partial charge in [0.2, 0.25) is 5.95 Å². The molecule has 0 saturated heterocycles. The largest absolute Gasteiger partial charge is 0.323 e. The van der Waals surface area contributed by atoms with E-state index >= 15 is 0 Å². The normalized spacial score (nSPS) is 11.7. The first kappa shape index (κ1) is 14.4. The van der Waals surface area contributed by atoms with Crippen LogP contribution in [0, 0.1) is 0 Å². The lowest BCUT2D eigenvalue weighted by Gasteiger charge is -2.07. The van der Waals surface area contributed by atoms with Gasteiger partial charge in [-0.15, -0.1) is 0 Å². The van der Waals surface area contributed by atoms with Crippen LogP contribution >= 0.6 is 27.5 Å². The molecule has 3 rings (SSSR count). The number of aromatic nitrogens is 2. The molecule has 0 aliphatic rings. The highest BCUT2D eigenvalue weighted by Crippen LogP contribution is 2.26. The Bertz CT molecular complexity index is 891. The van der Waals surface area contributed by atoms with Crippen molar-refractivity contribution >= 4 is 54.5 Å². The second-order valence-corrected chi connectivity index (χ2v) is 7.26. The molecule has 21 heavy (non-hydrogen) atoms. The minimum absolute atomic E-state index is 0.00665. The quantitative estimate of drug-likeness (QED) is 0.719. The number of imidazole rings is 1. The van der Waals surface area contributed by atoms with Crippen LogP contribution < -0.4 is 4.72 Å². The number of nitrogens with zero attached hydrogens (tertiary/aromatic N) is 1. The van der Waals surface area contributed by atoms with Crippen LogP contribution in [0.2, 0.25) is 5.02 Å². The third kappa shape index (κ3) is 2.90. The monoisotopic (exact) mass is 385 g/mol. The molecule has 0 radical (unpaired) electrons. The number of halogens is 2. The van der Waals surface area contributed by atoms with E-state index in [-0.39, 0.29) is 15.9 Å². The van der Waals surface area contributed by atoms with Gasteiger partial charge in [-0.1, -0.05) is 39.7 Å². The molecule has 5 nitrogen and oxygen atoms in total. The molecule has 0 fully saturated rings. The Morgan fingerprint density at radius 3 is 2.67 bits per heavy atom.